The Morgan fingerprint density at radius 1 is 1.54 bits per heavy atom. The van der Waals surface area contributed by atoms with Crippen LogP contribution in [-0.4, -0.2) is 32.2 Å². The van der Waals surface area contributed by atoms with E-state index >= 15 is 0 Å². The molecule has 0 aromatic carbocycles. The van der Waals surface area contributed by atoms with Gasteiger partial charge < -0.3 is 5.32 Å². The van der Waals surface area contributed by atoms with Crippen LogP contribution in [0, 0.1) is 0 Å². The van der Waals surface area contributed by atoms with Crippen LogP contribution in [0.3, 0.4) is 0 Å². The summed E-state index contributed by atoms with van der Waals surface area (Å²) in [6.45, 7) is 0.855. The number of hydrogen-bond donors (Lipinski definition) is 1. The van der Waals surface area contributed by atoms with Gasteiger partial charge >= 0.3 is 0 Å². The van der Waals surface area contributed by atoms with Gasteiger partial charge in [0.25, 0.3) is 0 Å². The van der Waals surface area contributed by atoms with Gasteiger partial charge in [0.2, 0.25) is 10.0 Å². The average Bonchev–Trinajstić information content (AvgIpc) is 2.47. The Morgan fingerprint density at radius 3 is 2.69 bits per heavy atom. The largest absolute Gasteiger partial charge is 0.319 e. The number of nitrogens with one attached hydrogen (secondary N) is 1. The Balaban J connectivity index is 2.76. The summed E-state index contributed by atoms with van der Waals surface area (Å²) in [7, 11) is -1.24. The smallest absolute Gasteiger partial charge is 0.235 e. The Bertz CT molecular complexity index is 367. The number of likely N-dealkylation sites (N-methyl/N-ethyl adjacent to an activating group) is 1. The first-order valence-electron chi connectivity index (χ1n) is 4.06. The van der Waals surface area contributed by atoms with Crippen LogP contribution in [0.5, 0.6) is 0 Å². The van der Waals surface area contributed by atoms with E-state index in [1.54, 1.807) is 12.4 Å². The fraction of sp³-hybridized carbons (Fsp3) is 0.500. The third kappa shape index (κ3) is 2.86. The molecule has 1 heterocycles. The molecule has 0 unspecified atom stereocenters. The van der Waals surface area contributed by atoms with Crippen molar-refractivity contribution in [2.24, 2.45) is 0 Å². The summed E-state index contributed by atoms with van der Waals surface area (Å²) in [5, 5.41) is 3.01. The molecule has 0 fully saturated rings. The monoisotopic (exact) mass is 202 g/mol. The van der Waals surface area contributed by atoms with E-state index in [0.29, 0.717) is 0 Å². The van der Waals surface area contributed by atoms with Crippen LogP contribution in [0.25, 0.3) is 0 Å². The number of rotatable bonds is 4. The second-order valence-electron chi connectivity index (χ2n) is 2.97. The van der Waals surface area contributed by atoms with E-state index in [9.17, 15) is 8.42 Å². The van der Waals surface area contributed by atoms with Crippen LogP contribution in [0.1, 0.15) is 5.56 Å². The molecule has 4 nitrogen and oxygen atoms in total. The molecule has 0 bridgehead atoms. The maximum absolute atomic E-state index is 11.1. The average molecular weight is 202 g/mol. The molecular weight excluding hydrogens is 188 g/mol. The van der Waals surface area contributed by atoms with Crippen molar-refractivity contribution >= 4 is 10.0 Å². The Hall–Kier alpha value is -0.810. The highest BCUT2D eigenvalue weighted by Crippen LogP contribution is 2.03. The fourth-order valence-electron chi connectivity index (χ4n) is 1.04. The summed E-state index contributed by atoms with van der Waals surface area (Å²) in [5.74, 6) is 0. The lowest BCUT2D eigenvalue weighted by Gasteiger charge is -1.97. The summed E-state index contributed by atoms with van der Waals surface area (Å²) >= 11 is 0. The van der Waals surface area contributed by atoms with Crippen molar-refractivity contribution in [3.8, 4) is 0 Å². The van der Waals surface area contributed by atoms with Gasteiger partial charge in [0.05, 0.1) is 6.26 Å². The van der Waals surface area contributed by atoms with Crippen LogP contribution in [0.2, 0.25) is 0 Å². The van der Waals surface area contributed by atoms with Crippen molar-refractivity contribution in [2.45, 2.75) is 6.42 Å². The topological polar surface area (TPSA) is 51.1 Å². The first-order chi connectivity index (χ1) is 6.04. The lowest BCUT2D eigenvalue weighted by molar-refractivity contribution is 0.593. The predicted octanol–water partition coefficient (Wildman–Crippen LogP) is 0.0577. The van der Waals surface area contributed by atoms with E-state index in [1.165, 1.54) is 10.2 Å². The van der Waals surface area contributed by atoms with Gasteiger partial charge in [0.1, 0.15) is 0 Å². The van der Waals surface area contributed by atoms with Crippen LogP contribution in [0.4, 0.5) is 0 Å². The zero-order valence-electron chi connectivity index (χ0n) is 7.82. The highest BCUT2D eigenvalue weighted by molar-refractivity contribution is 7.89. The second kappa shape index (κ2) is 3.93. The molecule has 0 saturated heterocycles. The number of hydrogen-bond acceptors (Lipinski definition) is 3. The van der Waals surface area contributed by atoms with E-state index in [2.05, 4.69) is 5.32 Å². The van der Waals surface area contributed by atoms with Gasteiger partial charge in [-0.25, -0.2) is 8.42 Å². The Labute approximate surface area is 78.6 Å². The van der Waals surface area contributed by atoms with Gasteiger partial charge in [-0.15, -0.1) is 0 Å². The molecule has 0 radical (unpaired) electrons. The maximum Gasteiger partial charge on any atom is 0.235 e. The minimum absolute atomic E-state index is 0.846. The Morgan fingerprint density at radius 2 is 2.23 bits per heavy atom. The molecule has 0 saturated carbocycles. The van der Waals surface area contributed by atoms with Crippen molar-refractivity contribution in [1.29, 1.82) is 0 Å². The van der Waals surface area contributed by atoms with Crippen molar-refractivity contribution in [3.05, 3.63) is 24.0 Å². The number of aromatic nitrogens is 1. The van der Waals surface area contributed by atoms with E-state index in [1.807, 2.05) is 13.1 Å². The molecule has 1 aromatic heterocycles. The van der Waals surface area contributed by atoms with Crippen LogP contribution < -0.4 is 5.32 Å². The van der Waals surface area contributed by atoms with Gasteiger partial charge in [-0.1, -0.05) is 0 Å². The van der Waals surface area contributed by atoms with Gasteiger partial charge in [-0.05, 0) is 31.6 Å². The van der Waals surface area contributed by atoms with E-state index in [0.717, 1.165) is 18.5 Å². The summed E-state index contributed by atoms with van der Waals surface area (Å²) in [6.07, 6.45) is 5.25. The van der Waals surface area contributed by atoms with Gasteiger partial charge in [0.15, 0.2) is 0 Å². The Kier molecular flexibility index (Phi) is 3.11. The van der Waals surface area contributed by atoms with E-state index in [4.69, 9.17) is 0 Å². The SMILES string of the molecule is CNCCc1ccn(S(C)(=O)=O)c1. The van der Waals surface area contributed by atoms with Crippen LogP contribution in [-0.2, 0) is 16.4 Å². The lowest BCUT2D eigenvalue weighted by Crippen LogP contribution is -2.10. The van der Waals surface area contributed by atoms with Crippen LogP contribution in [0.15, 0.2) is 18.5 Å². The molecule has 74 valence electrons. The molecule has 0 aliphatic carbocycles. The zero-order valence-corrected chi connectivity index (χ0v) is 8.63. The molecular formula is C8H14N2O2S. The van der Waals surface area contributed by atoms with E-state index in [-0.39, 0.29) is 0 Å². The molecule has 0 atom stereocenters. The standard InChI is InChI=1S/C8H14N2O2S/c1-9-5-3-8-4-6-10(7-8)13(2,11)12/h4,6-7,9H,3,5H2,1-2H3. The molecule has 0 aliphatic heterocycles. The van der Waals surface area contributed by atoms with Gasteiger partial charge in [-0.3, -0.25) is 3.97 Å². The van der Waals surface area contributed by atoms with Crippen molar-refractivity contribution < 1.29 is 8.42 Å². The van der Waals surface area contributed by atoms with Gasteiger partial charge in [-0.2, -0.15) is 0 Å². The number of nitrogens with zero attached hydrogens (tertiary/aromatic N) is 1. The van der Waals surface area contributed by atoms with Crippen molar-refractivity contribution in [3.63, 3.8) is 0 Å². The molecule has 13 heavy (non-hydrogen) atoms. The maximum atomic E-state index is 11.1. The molecule has 1 N–H and O–H groups in total. The first-order valence-corrected chi connectivity index (χ1v) is 5.91. The molecule has 0 amide bonds. The third-order valence-electron chi connectivity index (χ3n) is 1.78. The highest BCUT2D eigenvalue weighted by atomic mass is 32.2. The fourth-order valence-corrected chi connectivity index (χ4v) is 1.65. The van der Waals surface area contributed by atoms with Crippen LogP contribution >= 0.6 is 0 Å². The summed E-state index contributed by atoms with van der Waals surface area (Å²) < 4.78 is 23.4. The minimum atomic E-state index is -3.11. The third-order valence-corrected chi connectivity index (χ3v) is 2.77. The molecule has 1 aromatic rings. The zero-order chi connectivity index (χ0) is 9.90. The predicted molar refractivity (Wildman–Crippen MR) is 52.3 cm³/mol. The summed E-state index contributed by atoms with van der Waals surface area (Å²) in [6, 6.07) is 1.82. The summed E-state index contributed by atoms with van der Waals surface area (Å²) in [5.41, 5.74) is 1.03. The minimum Gasteiger partial charge on any atom is -0.319 e. The highest BCUT2D eigenvalue weighted by Gasteiger charge is 2.04. The normalized spacial score (nSPS) is 11.8. The molecule has 5 heteroatoms. The van der Waals surface area contributed by atoms with Crippen molar-refractivity contribution in [2.75, 3.05) is 19.8 Å². The quantitative estimate of drug-likeness (QED) is 0.751. The molecule has 0 spiro atoms. The van der Waals surface area contributed by atoms with Crippen molar-refractivity contribution in [1.82, 2.24) is 9.29 Å². The molecule has 0 aliphatic rings. The van der Waals surface area contributed by atoms with E-state index < -0.39 is 10.0 Å². The lowest BCUT2D eigenvalue weighted by atomic mass is 10.2. The first kappa shape index (κ1) is 10.3. The molecule has 1 rings (SSSR count). The second-order valence-corrected chi connectivity index (χ2v) is 4.85. The summed E-state index contributed by atoms with van der Waals surface area (Å²) in [4.78, 5) is 0. The van der Waals surface area contributed by atoms with Gasteiger partial charge in [0, 0.05) is 12.4 Å².